The van der Waals surface area contributed by atoms with E-state index in [0.29, 0.717) is 44.3 Å². The minimum atomic E-state index is 0.0663. The predicted molar refractivity (Wildman–Crippen MR) is 67.0 cm³/mol. The summed E-state index contributed by atoms with van der Waals surface area (Å²) in [5.74, 6) is 1.77. The lowest BCUT2D eigenvalue weighted by molar-refractivity contribution is -0.120. The lowest BCUT2D eigenvalue weighted by atomic mass is 10.3. The molecule has 18 heavy (non-hydrogen) atoms. The number of aromatic nitrogens is 2. The molecule has 0 unspecified atom stereocenters. The molecule has 0 saturated carbocycles. The number of amides is 1. The van der Waals surface area contributed by atoms with E-state index in [1.54, 1.807) is 13.2 Å². The molecule has 3 N–H and O–H groups in total. The number of rotatable bonds is 3. The highest BCUT2D eigenvalue weighted by atomic mass is 16.5. The van der Waals surface area contributed by atoms with Crippen LogP contribution >= 0.6 is 0 Å². The molecule has 1 aliphatic rings. The molecule has 1 amide bonds. The van der Waals surface area contributed by atoms with E-state index < -0.39 is 0 Å². The van der Waals surface area contributed by atoms with Crippen LogP contribution in [-0.4, -0.2) is 42.6 Å². The van der Waals surface area contributed by atoms with Crippen molar-refractivity contribution in [1.82, 2.24) is 15.3 Å². The van der Waals surface area contributed by atoms with Gasteiger partial charge in [0.2, 0.25) is 5.91 Å². The van der Waals surface area contributed by atoms with Gasteiger partial charge in [-0.05, 0) is 0 Å². The van der Waals surface area contributed by atoms with Gasteiger partial charge in [-0.3, -0.25) is 4.79 Å². The standard InChI is InChI=1S/C11H17N5O2/c1-18-7-9-14-8(12)6-10(15-9)16-4-2-11(17)13-3-5-16/h6H,2-5,7H2,1H3,(H,13,17)(H2,12,14,15). The van der Waals surface area contributed by atoms with Gasteiger partial charge in [0.1, 0.15) is 18.2 Å². The van der Waals surface area contributed by atoms with Crippen molar-refractivity contribution < 1.29 is 9.53 Å². The van der Waals surface area contributed by atoms with Crippen LogP contribution in [0.1, 0.15) is 12.2 Å². The first-order chi connectivity index (χ1) is 8.69. The Morgan fingerprint density at radius 3 is 3.11 bits per heavy atom. The zero-order valence-electron chi connectivity index (χ0n) is 10.3. The molecular formula is C11H17N5O2. The molecular weight excluding hydrogens is 234 g/mol. The van der Waals surface area contributed by atoms with Gasteiger partial charge in [-0.1, -0.05) is 0 Å². The molecule has 1 saturated heterocycles. The van der Waals surface area contributed by atoms with Gasteiger partial charge in [0.05, 0.1) is 0 Å². The van der Waals surface area contributed by atoms with Crippen molar-refractivity contribution in [1.29, 1.82) is 0 Å². The first kappa shape index (κ1) is 12.6. The Kier molecular flexibility index (Phi) is 3.93. The Hall–Kier alpha value is -1.89. The lowest BCUT2D eigenvalue weighted by Crippen LogP contribution is -2.29. The van der Waals surface area contributed by atoms with Gasteiger partial charge in [-0.15, -0.1) is 0 Å². The van der Waals surface area contributed by atoms with Gasteiger partial charge in [0.15, 0.2) is 5.82 Å². The number of anilines is 2. The number of hydrogen-bond donors (Lipinski definition) is 2. The molecule has 0 bridgehead atoms. The van der Waals surface area contributed by atoms with Gasteiger partial charge < -0.3 is 20.7 Å². The molecule has 2 rings (SSSR count). The highest BCUT2D eigenvalue weighted by Gasteiger charge is 2.16. The number of nitrogens with zero attached hydrogens (tertiary/aromatic N) is 3. The molecule has 0 aliphatic carbocycles. The predicted octanol–water partition coefficient (Wildman–Crippen LogP) is -0.468. The molecule has 1 aromatic heterocycles. The number of hydrogen-bond acceptors (Lipinski definition) is 6. The molecule has 7 nitrogen and oxygen atoms in total. The van der Waals surface area contributed by atoms with E-state index in [2.05, 4.69) is 15.3 Å². The number of methoxy groups -OCH3 is 1. The van der Waals surface area contributed by atoms with Crippen molar-refractivity contribution >= 4 is 17.5 Å². The van der Waals surface area contributed by atoms with Crippen molar-refractivity contribution in [3.8, 4) is 0 Å². The second kappa shape index (κ2) is 5.63. The van der Waals surface area contributed by atoms with Crippen LogP contribution < -0.4 is 16.0 Å². The molecule has 0 atom stereocenters. The lowest BCUT2D eigenvalue weighted by Gasteiger charge is -2.21. The molecule has 2 heterocycles. The third-order valence-corrected chi connectivity index (χ3v) is 2.69. The maximum absolute atomic E-state index is 11.3. The average molecular weight is 251 g/mol. The van der Waals surface area contributed by atoms with E-state index in [1.807, 2.05) is 4.90 Å². The van der Waals surface area contributed by atoms with Crippen molar-refractivity contribution in [3.63, 3.8) is 0 Å². The Morgan fingerprint density at radius 1 is 1.50 bits per heavy atom. The zero-order chi connectivity index (χ0) is 13.0. The fraction of sp³-hybridized carbons (Fsp3) is 0.545. The SMILES string of the molecule is COCc1nc(N)cc(N2CCNC(=O)CC2)n1. The summed E-state index contributed by atoms with van der Waals surface area (Å²) in [6.07, 6.45) is 0.462. The van der Waals surface area contributed by atoms with E-state index in [4.69, 9.17) is 10.5 Å². The Balaban J connectivity index is 2.18. The molecule has 0 aromatic carbocycles. The molecule has 0 spiro atoms. The zero-order valence-corrected chi connectivity index (χ0v) is 10.3. The van der Waals surface area contributed by atoms with E-state index in [9.17, 15) is 4.79 Å². The molecule has 7 heteroatoms. The van der Waals surface area contributed by atoms with Gasteiger partial charge in [-0.25, -0.2) is 9.97 Å². The van der Waals surface area contributed by atoms with Crippen LogP contribution in [0.3, 0.4) is 0 Å². The number of nitrogens with one attached hydrogen (secondary N) is 1. The quantitative estimate of drug-likeness (QED) is 0.754. The second-order valence-corrected chi connectivity index (χ2v) is 4.09. The Morgan fingerprint density at radius 2 is 2.33 bits per heavy atom. The highest BCUT2D eigenvalue weighted by Crippen LogP contribution is 2.15. The number of nitrogen functional groups attached to an aromatic ring is 1. The van der Waals surface area contributed by atoms with E-state index in [0.717, 1.165) is 5.82 Å². The van der Waals surface area contributed by atoms with Gasteiger partial charge in [0, 0.05) is 39.2 Å². The Bertz CT molecular complexity index is 437. The van der Waals surface area contributed by atoms with Crippen molar-refractivity contribution in [2.45, 2.75) is 13.0 Å². The van der Waals surface area contributed by atoms with Gasteiger partial charge in [-0.2, -0.15) is 0 Å². The van der Waals surface area contributed by atoms with Crippen molar-refractivity contribution in [2.75, 3.05) is 37.4 Å². The van der Waals surface area contributed by atoms with Crippen LogP contribution in [0.5, 0.6) is 0 Å². The summed E-state index contributed by atoms with van der Waals surface area (Å²) in [4.78, 5) is 21.8. The minimum absolute atomic E-state index is 0.0663. The Labute approximate surface area is 105 Å². The van der Waals surface area contributed by atoms with E-state index >= 15 is 0 Å². The molecule has 1 aliphatic heterocycles. The minimum Gasteiger partial charge on any atom is -0.384 e. The van der Waals surface area contributed by atoms with Crippen LogP contribution in [-0.2, 0) is 16.1 Å². The molecule has 98 valence electrons. The summed E-state index contributed by atoms with van der Waals surface area (Å²) in [5.41, 5.74) is 5.75. The topological polar surface area (TPSA) is 93.4 Å². The number of ether oxygens (including phenoxy) is 1. The van der Waals surface area contributed by atoms with Crippen molar-refractivity contribution in [3.05, 3.63) is 11.9 Å². The van der Waals surface area contributed by atoms with Crippen LogP contribution in [0, 0.1) is 0 Å². The fourth-order valence-electron chi connectivity index (χ4n) is 1.85. The normalized spacial score (nSPS) is 16.3. The smallest absolute Gasteiger partial charge is 0.221 e. The summed E-state index contributed by atoms with van der Waals surface area (Å²) in [6.45, 7) is 2.29. The second-order valence-electron chi connectivity index (χ2n) is 4.09. The molecule has 1 fully saturated rings. The molecule has 1 aromatic rings. The molecule has 0 radical (unpaired) electrons. The van der Waals surface area contributed by atoms with E-state index in [-0.39, 0.29) is 5.91 Å². The van der Waals surface area contributed by atoms with Crippen LogP contribution in [0.4, 0.5) is 11.6 Å². The first-order valence-corrected chi connectivity index (χ1v) is 5.83. The summed E-state index contributed by atoms with van der Waals surface area (Å²) >= 11 is 0. The average Bonchev–Trinajstić information content (AvgIpc) is 2.54. The first-order valence-electron chi connectivity index (χ1n) is 5.83. The van der Waals surface area contributed by atoms with Crippen LogP contribution in [0.2, 0.25) is 0 Å². The number of nitrogens with two attached hydrogens (primary N) is 1. The monoisotopic (exact) mass is 251 g/mol. The summed E-state index contributed by atoms with van der Waals surface area (Å²) in [7, 11) is 1.58. The summed E-state index contributed by atoms with van der Waals surface area (Å²) < 4.78 is 5.00. The fourth-order valence-corrected chi connectivity index (χ4v) is 1.85. The summed E-state index contributed by atoms with van der Waals surface area (Å²) in [5, 5.41) is 2.82. The van der Waals surface area contributed by atoms with Crippen molar-refractivity contribution in [2.24, 2.45) is 0 Å². The van der Waals surface area contributed by atoms with Crippen LogP contribution in [0.25, 0.3) is 0 Å². The third-order valence-electron chi connectivity index (χ3n) is 2.69. The highest BCUT2D eigenvalue weighted by molar-refractivity contribution is 5.77. The van der Waals surface area contributed by atoms with Crippen LogP contribution in [0.15, 0.2) is 6.07 Å². The number of carbonyl (C=O) groups excluding carboxylic acids is 1. The maximum atomic E-state index is 11.3. The largest absolute Gasteiger partial charge is 0.384 e. The third kappa shape index (κ3) is 3.07. The van der Waals surface area contributed by atoms with Gasteiger partial charge in [0.25, 0.3) is 0 Å². The van der Waals surface area contributed by atoms with Gasteiger partial charge >= 0.3 is 0 Å². The van der Waals surface area contributed by atoms with E-state index in [1.165, 1.54) is 0 Å². The maximum Gasteiger partial charge on any atom is 0.221 e. The summed E-state index contributed by atoms with van der Waals surface area (Å²) in [6, 6.07) is 1.72. The number of carbonyl (C=O) groups is 1.